The normalized spacial score (nSPS) is 15.8. The van der Waals surface area contributed by atoms with Crippen molar-refractivity contribution in [3.63, 3.8) is 0 Å². The summed E-state index contributed by atoms with van der Waals surface area (Å²) in [4.78, 5) is 4.65. The van der Waals surface area contributed by atoms with E-state index in [2.05, 4.69) is 37.7 Å². The van der Waals surface area contributed by atoms with Crippen LogP contribution in [-0.4, -0.2) is 69.3 Å². The number of methoxy groups -OCH3 is 1. The van der Waals surface area contributed by atoms with Gasteiger partial charge in [-0.3, -0.25) is 4.90 Å². The van der Waals surface area contributed by atoms with E-state index in [9.17, 15) is 0 Å². The Labute approximate surface area is 101 Å². The van der Waals surface area contributed by atoms with Crippen LogP contribution in [0.2, 0.25) is 0 Å². The van der Waals surface area contributed by atoms with Crippen molar-refractivity contribution < 1.29 is 4.74 Å². The largest absolute Gasteiger partial charge is 0.385 e. The maximum atomic E-state index is 6.07. The van der Waals surface area contributed by atoms with E-state index in [0.717, 1.165) is 32.7 Å². The minimum Gasteiger partial charge on any atom is -0.385 e. The zero-order valence-corrected chi connectivity index (χ0v) is 11.6. The number of nitrogens with two attached hydrogens (primary N) is 1. The molecule has 0 aromatic rings. The van der Waals surface area contributed by atoms with Gasteiger partial charge in [0.25, 0.3) is 0 Å². The third-order valence-electron chi connectivity index (χ3n) is 2.82. The van der Waals surface area contributed by atoms with Crippen LogP contribution in [0.5, 0.6) is 0 Å². The molecule has 0 rings (SSSR count). The molecule has 0 aliphatic heterocycles. The van der Waals surface area contributed by atoms with Crippen molar-refractivity contribution in [2.75, 3.05) is 47.4 Å². The summed E-state index contributed by atoms with van der Waals surface area (Å²) >= 11 is 0. The fraction of sp³-hybridized carbons (Fsp3) is 1.00. The predicted molar refractivity (Wildman–Crippen MR) is 69.7 cm³/mol. The van der Waals surface area contributed by atoms with Crippen molar-refractivity contribution in [3.05, 3.63) is 0 Å². The highest BCUT2D eigenvalue weighted by molar-refractivity contribution is 4.74. The Kier molecular flexibility index (Phi) is 8.84. The molecule has 0 spiro atoms. The van der Waals surface area contributed by atoms with Gasteiger partial charge in [-0.1, -0.05) is 6.92 Å². The minimum absolute atomic E-state index is 0.213. The second kappa shape index (κ2) is 8.93. The summed E-state index contributed by atoms with van der Waals surface area (Å²) in [5.74, 6) is 0. The molecule has 0 saturated carbocycles. The van der Waals surface area contributed by atoms with Gasteiger partial charge in [0, 0.05) is 38.9 Å². The van der Waals surface area contributed by atoms with Crippen LogP contribution >= 0.6 is 0 Å². The van der Waals surface area contributed by atoms with Crippen molar-refractivity contribution in [1.82, 2.24) is 9.80 Å². The molecule has 0 amide bonds. The molecular weight excluding hydrogens is 202 g/mol. The molecular formula is C12H29N3O. The smallest absolute Gasteiger partial charge is 0.0477 e. The van der Waals surface area contributed by atoms with E-state index in [4.69, 9.17) is 10.5 Å². The van der Waals surface area contributed by atoms with Gasteiger partial charge in [0.1, 0.15) is 0 Å². The first kappa shape index (κ1) is 15.8. The number of likely N-dealkylation sites (N-methyl/N-ethyl adjacent to an activating group) is 2. The Morgan fingerprint density at radius 3 is 2.31 bits per heavy atom. The molecule has 0 aliphatic rings. The van der Waals surface area contributed by atoms with Crippen LogP contribution in [0.25, 0.3) is 0 Å². The number of rotatable bonds is 9. The number of hydrogen-bond acceptors (Lipinski definition) is 4. The number of nitrogens with zero attached hydrogens (tertiary/aromatic N) is 2. The summed E-state index contributed by atoms with van der Waals surface area (Å²) in [6, 6.07) is 0.762. The van der Waals surface area contributed by atoms with Crippen molar-refractivity contribution in [2.45, 2.75) is 32.4 Å². The SMILES string of the molecule is CCN(CC(N)CCOC)C(C)CN(C)C. The fourth-order valence-corrected chi connectivity index (χ4v) is 1.93. The predicted octanol–water partition coefficient (Wildman–Crippen LogP) is 0.622. The average molecular weight is 231 g/mol. The molecule has 2 unspecified atom stereocenters. The van der Waals surface area contributed by atoms with Crippen LogP contribution in [0.3, 0.4) is 0 Å². The van der Waals surface area contributed by atoms with Gasteiger partial charge in [0.05, 0.1) is 0 Å². The average Bonchev–Trinajstić information content (AvgIpc) is 2.21. The van der Waals surface area contributed by atoms with Crippen LogP contribution in [0.1, 0.15) is 20.3 Å². The summed E-state index contributed by atoms with van der Waals surface area (Å²) in [5, 5.41) is 0. The van der Waals surface area contributed by atoms with E-state index < -0.39 is 0 Å². The first-order chi connectivity index (χ1) is 7.51. The van der Waals surface area contributed by atoms with E-state index in [-0.39, 0.29) is 6.04 Å². The first-order valence-corrected chi connectivity index (χ1v) is 6.14. The summed E-state index contributed by atoms with van der Waals surface area (Å²) in [7, 11) is 5.93. The molecule has 0 aromatic carbocycles. The Bertz CT molecular complexity index is 164. The van der Waals surface area contributed by atoms with Gasteiger partial charge >= 0.3 is 0 Å². The van der Waals surface area contributed by atoms with Crippen molar-refractivity contribution >= 4 is 0 Å². The van der Waals surface area contributed by atoms with Crippen LogP contribution in [0.15, 0.2) is 0 Å². The molecule has 4 nitrogen and oxygen atoms in total. The van der Waals surface area contributed by atoms with E-state index in [1.54, 1.807) is 7.11 Å². The Hall–Kier alpha value is -0.160. The van der Waals surface area contributed by atoms with Gasteiger partial charge in [-0.25, -0.2) is 0 Å². The highest BCUT2D eigenvalue weighted by Crippen LogP contribution is 2.02. The molecule has 0 fully saturated rings. The summed E-state index contributed by atoms with van der Waals surface area (Å²) in [5.41, 5.74) is 6.07. The molecule has 98 valence electrons. The van der Waals surface area contributed by atoms with Gasteiger partial charge < -0.3 is 15.4 Å². The van der Waals surface area contributed by atoms with Crippen LogP contribution in [0, 0.1) is 0 Å². The van der Waals surface area contributed by atoms with Crippen LogP contribution in [0.4, 0.5) is 0 Å². The van der Waals surface area contributed by atoms with Crippen LogP contribution in [-0.2, 0) is 4.74 Å². The van der Waals surface area contributed by atoms with Gasteiger partial charge in [-0.2, -0.15) is 0 Å². The lowest BCUT2D eigenvalue weighted by molar-refractivity contribution is 0.149. The second-order valence-electron chi connectivity index (χ2n) is 4.74. The Morgan fingerprint density at radius 1 is 1.25 bits per heavy atom. The maximum Gasteiger partial charge on any atom is 0.0477 e. The lowest BCUT2D eigenvalue weighted by Gasteiger charge is -2.31. The maximum absolute atomic E-state index is 6.07. The molecule has 0 aromatic heterocycles. The monoisotopic (exact) mass is 231 g/mol. The topological polar surface area (TPSA) is 41.7 Å². The quantitative estimate of drug-likeness (QED) is 0.632. The zero-order chi connectivity index (χ0) is 12.6. The summed E-state index contributed by atoms with van der Waals surface area (Å²) < 4.78 is 5.05. The molecule has 2 N–H and O–H groups in total. The molecule has 0 heterocycles. The van der Waals surface area contributed by atoms with Gasteiger partial charge in [-0.05, 0) is 34.0 Å². The summed E-state index contributed by atoms with van der Waals surface area (Å²) in [6.45, 7) is 8.28. The highest BCUT2D eigenvalue weighted by atomic mass is 16.5. The number of ether oxygens (including phenoxy) is 1. The molecule has 16 heavy (non-hydrogen) atoms. The molecule has 2 atom stereocenters. The van der Waals surface area contributed by atoms with E-state index >= 15 is 0 Å². The van der Waals surface area contributed by atoms with Crippen LogP contribution < -0.4 is 5.73 Å². The first-order valence-electron chi connectivity index (χ1n) is 6.14. The molecule has 0 bridgehead atoms. The lowest BCUT2D eigenvalue weighted by Crippen LogP contribution is -2.46. The second-order valence-corrected chi connectivity index (χ2v) is 4.74. The molecule has 0 aliphatic carbocycles. The van der Waals surface area contributed by atoms with E-state index in [1.165, 1.54) is 0 Å². The minimum atomic E-state index is 0.213. The standard InChI is InChI=1S/C12H29N3O/c1-6-15(11(2)9-14(3)4)10-12(13)7-8-16-5/h11-12H,6-10,13H2,1-5H3. The molecule has 4 heteroatoms. The fourth-order valence-electron chi connectivity index (χ4n) is 1.93. The van der Waals surface area contributed by atoms with Gasteiger partial charge in [-0.15, -0.1) is 0 Å². The lowest BCUT2D eigenvalue weighted by atomic mass is 10.2. The van der Waals surface area contributed by atoms with E-state index in [0.29, 0.717) is 6.04 Å². The molecule has 0 radical (unpaired) electrons. The third kappa shape index (κ3) is 7.17. The zero-order valence-electron chi connectivity index (χ0n) is 11.6. The van der Waals surface area contributed by atoms with Crippen molar-refractivity contribution in [3.8, 4) is 0 Å². The van der Waals surface area contributed by atoms with Gasteiger partial charge in [0.2, 0.25) is 0 Å². The van der Waals surface area contributed by atoms with Crippen molar-refractivity contribution in [2.24, 2.45) is 5.73 Å². The number of hydrogen-bond donors (Lipinski definition) is 1. The Morgan fingerprint density at radius 2 is 1.88 bits per heavy atom. The molecule has 0 saturated heterocycles. The third-order valence-corrected chi connectivity index (χ3v) is 2.82. The Balaban J connectivity index is 3.97. The highest BCUT2D eigenvalue weighted by Gasteiger charge is 2.15. The van der Waals surface area contributed by atoms with Gasteiger partial charge in [0.15, 0.2) is 0 Å². The van der Waals surface area contributed by atoms with Crippen molar-refractivity contribution in [1.29, 1.82) is 0 Å². The summed E-state index contributed by atoms with van der Waals surface area (Å²) in [6.07, 6.45) is 0.932. The van der Waals surface area contributed by atoms with E-state index in [1.807, 2.05) is 0 Å².